The molecule has 0 saturated heterocycles. The topological polar surface area (TPSA) is 339 Å². The fourth-order valence-electron chi connectivity index (χ4n) is 11.6. The minimum Gasteiger partial charge on any atom is -0.462 e. The lowest BCUT2D eigenvalue weighted by Gasteiger charge is -2.24. The molecule has 0 spiro atoms. The largest absolute Gasteiger partial charge is 0.462 e. The third-order valence-corrected chi connectivity index (χ3v) is 20.7. The van der Waals surface area contributed by atoms with Gasteiger partial charge in [-0.3, -0.25) is 37.9 Å². The van der Waals surface area contributed by atoms with Gasteiger partial charge in [0, 0.05) is 52.5 Å². The molecule has 26 heteroatoms. The van der Waals surface area contributed by atoms with Crippen molar-refractivity contribution in [2.75, 3.05) is 79.3 Å². The fourth-order valence-corrected chi connectivity index (χ4v) is 13.5. The number of nitrogens with one attached hydrogen (secondary N) is 4. The molecule has 0 saturated carbocycles. The Hall–Kier alpha value is -3.64. The van der Waals surface area contributed by atoms with Crippen molar-refractivity contribution in [3.63, 3.8) is 0 Å². The highest BCUT2D eigenvalue weighted by atomic mass is 31.2. The Balaban J connectivity index is 5.72. The summed E-state index contributed by atoms with van der Waals surface area (Å²) in [4.78, 5) is 79.5. The van der Waals surface area contributed by atoms with E-state index in [4.69, 9.17) is 37.0 Å². The molecule has 4 amide bonds. The van der Waals surface area contributed by atoms with Crippen LogP contribution in [0.25, 0.3) is 0 Å². The Morgan fingerprint density at radius 1 is 0.358 bits per heavy atom. The van der Waals surface area contributed by atoms with Gasteiger partial charge in [0.05, 0.1) is 76.8 Å². The minimum atomic E-state index is -3.89. The minimum absolute atomic E-state index is 0.0680. The van der Waals surface area contributed by atoms with Gasteiger partial charge in [-0.05, 0) is 103 Å². The first-order valence-electron chi connectivity index (χ1n) is 41.5. The Bertz CT molecular complexity index is 2180. The molecule has 622 valence electrons. The molecule has 0 fully saturated rings. The molecule has 0 heterocycles. The van der Waals surface area contributed by atoms with Crippen LogP contribution < -0.4 is 21.3 Å². The van der Waals surface area contributed by atoms with Crippen LogP contribution in [0.4, 0.5) is 0 Å². The van der Waals surface area contributed by atoms with Gasteiger partial charge in [0.15, 0.2) is 12.2 Å². The first-order chi connectivity index (χ1) is 51.0. The molecule has 0 aromatic carbocycles. The number of hydrogen-bond acceptors (Lipinski definition) is 20. The van der Waals surface area contributed by atoms with Crippen LogP contribution in [-0.2, 0) is 74.9 Å². The molecule has 8 N–H and O–H groups in total. The van der Waals surface area contributed by atoms with E-state index in [1.807, 2.05) is 0 Å². The zero-order valence-electron chi connectivity index (χ0n) is 67.3. The van der Waals surface area contributed by atoms with E-state index in [-0.39, 0.29) is 90.4 Å². The van der Waals surface area contributed by atoms with Gasteiger partial charge in [0.1, 0.15) is 12.2 Å². The Kier molecular flexibility index (Phi) is 68.1. The maximum Gasteiger partial charge on any atom is 0.327 e. The molecule has 0 aliphatic rings. The maximum absolute atomic E-state index is 13.7. The highest BCUT2D eigenvalue weighted by Crippen LogP contribution is 2.44. The van der Waals surface area contributed by atoms with Gasteiger partial charge in [-0.25, -0.2) is 0 Å². The average molecular weight is 1550 g/mol. The van der Waals surface area contributed by atoms with Crippen LogP contribution in [0.1, 0.15) is 324 Å². The molecule has 10 atom stereocenters. The van der Waals surface area contributed by atoms with Crippen LogP contribution >= 0.6 is 15.2 Å². The van der Waals surface area contributed by atoms with Gasteiger partial charge in [-0.15, -0.1) is 0 Å². The van der Waals surface area contributed by atoms with Crippen molar-refractivity contribution in [2.45, 2.75) is 373 Å². The second-order valence-electron chi connectivity index (χ2n) is 28.7. The molecule has 24 nitrogen and oxygen atoms in total. The van der Waals surface area contributed by atoms with Crippen molar-refractivity contribution in [1.29, 1.82) is 0 Å². The zero-order valence-corrected chi connectivity index (χ0v) is 69.1. The quantitative estimate of drug-likeness (QED) is 0.0121. The van der Waals surface area contributed by atoms with E-state index in [0.717, 1.165) is 167 Å². The van der Waals surface area contributed by atoms with Crippen LogP contribution in [0.3, 0.4) is 0 Å². The average Bonchev–Trinajstić information content (AvgIpc) is 0.903. The molecule has 0 rings (SSSR count). The second-order valence-corrected chi connectivity index (χ2v) is 32.8. The number of amides is 4. The Morgan fingerprint density at radius 3 is 0.991 bits per heavy atom. The van der Waals surface area contributed by atoms with E-state index >= 15 is 0 Å². The van der Waals surface area contributed by atoms with Crippen molar-refractivity contribution >= 4 is 50.8 Å². The van der Waals surface area contributed by atoms with Gasteiger partial charge in [0.25, 0.3) is 11.8 Å². The number of carbonyl (C=O) groups is 6. The number of aliphatic hydroxyl groups excluding tert-OH is 4. The molecule has 0 aromatic rings. The first kappa shape index (κ1) is 102. The summed E-state index contributed by atoms with van der Waals surface area (Å²) in [6.07, 6.45) is 39.5. The molecule has 0 aliphatic heterocycles. The Labute approximate surface area is 640 Å². The summed E-state index contributed by atoms with van der Waals surface area (Å²) in [7, 11) is -7.79. The monoisotopic (exact) mass is 1550 g/mol. The zero-order chi connectivity index (χ0) is 78.6. The molecule has 0 aliphatic carbocycles. The van der Waals surface area contributed by atoms with Crippen molar-refractivity contribution in [2.24, 2.45) is 0 Å². The number of aliphatic hydroxyl groups is 4. The summed E-state index contributed by atoms with van der Waals surface area (Å²) < 4.78 is 73.3. The van der Waals surface area contributed by atoms with E-state index in [0.29, 0.717) is 51.4 Å². The highest BCUT2D eigenvalue weighted by molar-refractivity contribution is 7.53. The molecule has 0 radical (unpaired) electrons. The van der Waals surface area contributed by atoms with Crippen LogP contribution in [0, 0.1) is 0 Å². The van der Waals surface area contributed by atoms with Gasteiger partial charge >= 0.3 is 27.1 Å². The Morgan fingerprint density at radius 2 is 0.660 bits per heavy atom. The molecule has 0 aromatic heterocycles. The van der Waals surface area contributed by atoms with Crippen LogP contribution in [-0.4, -0.2) is 184 Å². The second kappa shape index (κ2) is 70.5. The summed E-state index contributed by atoms with van der Waals surface area (Å²) in [6, 6.07) is -1.68. The molecular weight excluding hydrogens is 1400 g/mol. The maximum atomic E-state index is 13.7. The number of hydrogen-bond donors (Lipinski definition) is 8. The van der Waals surface area contributed by atoms with Gasteiger partial charge < -0.3 is 78.7 Å². The predicted octanol–water partition coefficient (Wildman–Crippen LogP) is 15.6. The van der Waals surface area contributed by atoms with Gasteiger partial charge in [-0.2, -0.15) is 0 Å². The lowest BCUT2D eigenvalue weighted by Crippen LogP contribution is -2.50. The lowest BCUT2D eigenvalue weighted by atomic mass is 10.1. The van der Waals surface area contributed by atoms with E-state index in [2.05, 4.69) is 87.1 Å². The molecule has 106 heavy (non-hydrogen) atoms. The van der Waals surface area contributed by atoms with Crippen molar-refractivity contribution < 1.29 is 95.4 Å². The number of esters is 2. The number of unbranched alkanes of at least 4 members (excludes halogenated alkanes) is 26. The third kappa shape index (κ3) is 64.1. The predicted molar refractivity (Wildman–Crippen MR) is 422 cm³/mol. The van der Waals surface area contributed by atoms with Crippen LogP contribution in [0.5, 0.6) is 0 Å². The number of carbonyl (C=O) groups excluding carboxylic acids is 6. The van der Waals surface area contributed by atoms with E-state index in [1.54, 1.807) is 0 Å². The van der Waals surface area contributed by atoms with Gasteiger partial charge in [-0.1, -0.05) is 220 Å². The normalized spacial score (nSPS) is 15.2. The number of allylic oxidation sites excluding steroid dienone is 4. The van der Waals surface area contributed by atoms with Crippen LogP contribution in [0.15, 0.2) is 24.3 Å². The summed E-state index contributed by atoms with van der Waals surface area (Å²) in [5, 5.41) is 52.9. The summed E-state index contributed by atoms with van der Waals surface area (Å²) in [5.74, 6) is -3.91. The smallest absolute Gasteiger partial charge is 0.327 e. The van der Waals surface area contributed by atoms with Crippen LogP contribution in [0.2, 0.25) is 0 Å². The number of rotatable bonds is 77. The van der Waals surface area contributed by atoms with E-state index in [9.17, 15) is 58.3 Å². The summed E-state index contributed by atoms with van der Waals surface area (Å²) in [6.45, 7) is 13.4. The summed E-state index contributed by atoms with van der Waals surface area (Å²) in [5.41, 5.74) is 0. The fraction of sp³-hybridized carbons (Fsp3) is 0.875. The molecule has 0 bridgehead atoms. The highest BCUT2D eigenvalue weighted by Gasteiger charge is 2.32. The third-order valence-electron chi connectivity index (χ3n) is 18.1. The van der Waals surface area contributed by atoms with E-state index < -0.39 is 101 Å². The molecular formula is C80H152N4O20P2. The first-order valence-corrected chi connectivity index (χ1v) is 45.5. The number of ether oxygens (including phenoxy) is 4. The van der Waals surface area contributed by atoms with Crippen molar-refractivity contribution in [3.05, 3.63) is 24.3 Å². The van der Waals surface area contributed by atoms with Crippen molar-refractivity contribution in [3.8, 4) is 0 Å². The van der Waals surface area contributed by atoms with Crippen molar-refractivity contribution in [1.82, 2.24) is 21.3 Å². The SMILES string of the molecule is CCCCCC/C=C\CCCC(=O)O[C@H](CCCCCCC)CC(=O)NC(COCCC(O)CCCCCCC)COP(C)(=O)OCCNC(=O)[C@H](O)[C@@H](O)C(=O)NCCOP(C)(=O)OCC(COCCC(O)CCCCCCC)NC(=O)C[C@@H](CCCCCCC)OC(=O)CCC/C=C\CCCCCC. The lowest BCUT2D eigenvalue weighted by molar-refractivity contribution is -0.152. The van der Waals surface area contributed by atoms with Gasteiger partial charge in [0.2, 0.25) is 11.8 Å². The summed E-state index contributed by atoms with van der Waals surface area (Å²) >= 11 is 0. The van der Waals surface area contributed by atoms with E-state index in [1.165, 1.54) is 51.9 Å². The standard InChI is InChI=1S/C80H152N4O20P2/c1-9-15-21-27-29-31-33-39-45-51-75(89)103-71(49-43-37-25-19-13-5)61-73(87)83-67(63-97-57-53-69(85)47-41-35-23-17-11-3)65-101-105(7,95)99-59-55-81-79(93)77(91)78(92)80(94)82-56-60-100-106(8,96)102-66-68(64-98-58-54-70(86)48-42-36-24-18-12-4)84-74(88)62-72(50-44-38-26-20-14-6)104-76(90)52-46-40-34-32-30-28-22-16-10-2/h31-34,67-72,77-78,85-86,91-92H,9-30,35-66H2,1-8H3,(H,81,93)(H,82,94)(H,83,87)(H,84,88)/b33-31-,34-32-/t67?,68?,69?,70?,71-,72-,77-,78-,105?,106?/m1/s1. The molecule has 6 unspecified atom stereocenters.